The van der Waals surface area contributed by atoms with Crippen LogP contribution in [0.5, 0.6) is 0 Å². The first-order valence-corrected chi connectivity index (χ1v) is 5.45. The Bertz CT molecular complexity index is 187. The van der Waals surface area contributed by atoms with E-state index in [1.54, 1.807) is 0 Å². The molecule has 14 heavy (non-hydrogen) atoms. The molecule has 1 atom stereocenters. The van der Waals surface area contributed by atoms with Crippen LogP contribution in [0.3, 0.4) is 0 Å². The molecule has 1 unspecified atom stereocenters. The van der Waals surface area contributed by atoms with Crippen LogP contribution in [0.1, 0.15) is 34.1 Å². The molecule has 3 N–H and O–H groups in total. The summed E-state index contributed by atoms with van der Waals surface area (Å²) in [7, 11) is 0. The van der Waals surface area contributed by atoms with E-state index in [-0.39, 0.29) is 5.91 Å². The standard InChI is InChI=1S/C10H22N2OS/c1-7(2)5-6-12-9(13)8(11)10(3,4)14/h7-8,14H,5-6,11H2,1-4H3,(H,12,13). The summed E-state index contributed by atoms with van der Waals surface area (Å²) < 4.78 is -0.470. The lowest BCUT2D eigenvalue weighted by atomic mass is 10.0. The third kappa shape index (κ3) is 5.50. The van der Waals surface area contributed by atoms with E-state index in [1.807, 2.05) is 13.8 Å². The van der Waals surface area contributed by atoms with Crippen molar-refractivity contribution in [1.29, 1.82) is 0 Å². The summed E-state index contributed by atoms with van der Waals surface area (Å²) in [5.41, 5.74) is 5.72. The number of amides is 1. The average molecular weight is 218 g/mol. The highest BCUT2D eigenvalue weighted by Gasteiger charge is 2.27. The maximum absolute atomic E-state index is 11.5. The lowest BCUT2D eigenvalue weighted by Crippen LogP contribution is -2.51. The van der Waals surface area contributed by atoms with Crippen LogP contribution >= 0.6 is 12.6 Å². The van der Waals surface area contributed by atoms with Gasteiger partial charge in [-0.1, -0.05) is 13.8 Å². The fourth-order valence-corrected chi connectivity index (χ4v) is 1.03. The molecule has 0 aliphatic carbocycles. The number of carbonyl (C=O) groups excluding carboxylic acids is 1. The summed E-state index contributed by atoms with van der Waals surface area (Å²) in [5.74, 6) is 0.473. The van der Waals surface area contributed by atoms with Crippen molar-refractivity contribution in [3.05, 3.63) is 0 Å². The Morgan fingerprint density at radius 1 is 1.50 bits per heavy atom. The number of rotatable bonds is 5. The maximum Gasteiger partial charge on any atom is 0.238 e. The maximum atomic E-state index is 11.5. The molecular weight excluding hydrogens is 196 g/mol. The quantitative estimate of drug-likeness (QED) is 0.607. The predicted molar refractivity (Wildman–Crippen MR) is 63.5 cm³/mol. The number of thiol groups is 1. The Kier molecular flexibility index (Phi) is 5.52. The second-order valence-electron chi connectivity index (χ2n) is 4.60. The molecule has 0 rings (SSSR count). The molecule has 0 heterocycles. The van der Waals surface area contributed by atoms with Crippen molar-refractivity contribution in [3.63, 3.8) is 0 Å². The van der Waals surface area contributed by atoms with Gasteiger partial charge in [0.15, 0.2) is 0 Å². The van der Waals surface area contributed by atoms with Crippen LogP contribution in [0, 0.1) is 5.92 Å². The lowest BCUT2D eigenvalue weighted by Gasteiger charge is -2.25. The smallest absolute Gasteiger partial charge is 0.238 e. The number of nitrogens with one attached hydrogen (secondary N) is 1. The molecular formula is C10H22N2OS. The Hall–Kier alpha value is -0.220. The highest BCUT2D eigenvalue weighted by molar-refractivity contribution is 7.81. The van der Waals surface area contributed by atoms with Gasteiger partial charge in [-0.25, -0.2) is 0 Å². The van der Waals surface area contributed by atoms with Crippen molar-refractivity contribution >= 4 is 18.5 Å². The van der Waals surface area contributed by atoms with Crippen molar-refractivity contribution in [2.75, 3.05) is 6.54 Å². The van der Waals surface area contributed by atoms with E-state index in [1.165, 1.54) is 0 Å². The molecule has 0 saturated carbocycles. The highest BCUT2D eigenvalue weighted by Crippen LogP contribution is 2.15. The summed E-state index contributed by atoms with van der Waals surface area (Å²) in [6, 6.07) is -0.557. The third-order valence-corrected chi connectivity index (χ3v) is 2.34. The molecule has 0 aliphatic heterocycles. The zero-order chi connectivity index (χ0) is 11.4. The molecule has 4 heteroatoms. The first-order chi connectivity index (χ1) is 6.25. The van der Waals surface area contributed by atoms with Gasteiger partial charge in [-0.15, -0.1) is 0 Å². The zero-order valence-electron chi connectivity index (χ0n) is 9.50. The molecule has 1 amide bonds. The largest absolute Gasteiger partial charge is 0.355 e. The molecule has 0 aromatic carbocycles. The minimum Gasteiger partial charge on any atom is -0.355 e. The van der Waals surface area contributed by atoms with Crippen LogP contribution in [0.15, 0.2) is 0 Å². The molecule has 3 nitrogen and oxygen atoms in total. The van der Waals surface area contributed by atoms with Gasteiger partial charge >= 0.3 is 0 Å². The number of carbonyl (C=O) groups is 1. The lowest BCUT2D eigenvalue weighted by molar-refractivity contribution is -0.122. The summed E-state index contributed by atoms with van der Waals surface area (Å²) in [4.78, 5) is 11.5. The molecule has 0 aromatic rings. The van der Waals surface area contributed by atoms with Gasteiger partial charge in [0.25, 0.3) is 0 Å². The Labute approximate surface area is 92.2 Å². The van der Waals surface area contributed by atoms with E-state index < -0.39 is 10.8 Å². The van der Waals surface area contributed by atoms with E-state index in [0.29, 0.717) is 12.5 Å². The number of hydrogen-bond donors (Lipinski definition) is 3. The van der Waals surface area contributed by atoms with E-state index in [9.17, 15) is 4.79 Å². The summed E-state index contributed by atoms with van der Waals surface area (Å²) in [6.07, 6.45) is 0.978. The predicted octanol–water partition coefficient (Wildman–Crippen LogP) is 1.18. The SMILES string of the molecule is CC(C)CCNC(=O)C(N)C(C)(C)S. The Balaban J connectivity index is 3.86. The van der Waals surface area contributed by atoms with E-state index in [2.05, 4.69) is 31.8 Å². The normalized spacial score (nSPS) is 14.2. The summed E-state index contributed by atoms with van der Waals surface area (Å²) in [6.45, 7) is 8.60. The minimum atomic E-state index is -0.557. The molecule has 0 spiro atoms. The molecule has 0 bridgehead atoms. The molecule has 0 fully saturated rings. The Morgan fingerprint density at radius 2 is 2.00 bits per heavy atom. The van der Waals surface area contributed by atoms with Crippen molar-refractivity contribution in [1.82, 2.24) is 5.32 Å². The molecule has 0 aromatic heterocycles. The van der Waals surface area contributed by atoms with Gasteiger partial charge < -0.3 is 11.1 Å². The summed E-state index contributed by atoms with van der Waals surface area (Å²) >= 11 is 4.27. The van der Waals surface area contributed by atoms with E-state index >= 15 is 0 Å². The molecule has 0 saturated heterocycles. The van der Waals surface area contributed by atoms with Gasteiger partial charge in [0.2, 0.25) is 5.91 Å². The van der Waals surface area contributed by atoms with Gasteiger partial charge in [0.05, 0.1) is 6.04 Å². The topological polar surface area (TPSA) is 55.1 Å². The first kappa shape index (κ1) is 13.8. The van der Waals surface area contributed by atoms with Crippen LogP contribution in [0.4, 0.5) is 0 Å². The van der Waals surface area contributed by atoms with Gasteiger partial charge in [0, 0.05) is 11.3 Å². The molecule has 0 aliphatic rings. The zero-order valence-corrected chi connectivity index (χ0v) is 10.4. The average Bonchev–Trinajstić information content (AvgIpc) is 2.00. The van der Waals surface area contributed by atoms with Gasteiger partial charge in [0.1, 0.15) is 0 Å². The van der Waals surface area contributed by atoms with Crippen LogP contribution < -0.4 is 11.1 Å². The molecule has 84 valence electrons. The van der Waals surface area contributed by atoms with Crippen LogP contribution in [-0.2, 0) is 4.79 Å². The van der Waals surface area contributed by atoms with E-state index in [0.717, 1.165) is 6.42 Å². The second kappa shape index (κ2) is 5.61. The number of nitrogens with two attached hydrogens (primary N) is 1. The summed E-state index contributed by atoms with van der Waals surface area (Å²) in [5, 5.41) is 2.81. The number of hydrogen-bond acceptors (Lipinski definition) is 3. The first-order valence-electron chi connectivity index (χ1n) is 5.00. The van der Waals surface area contributed by atoms with Crippen LogP contribution in [0.25, 0.3) is 0 Å². The third-order valence-electron chi connectivity index (χ3n) is 2.06. The van der Waals surface area contributed by atoms with Crippen molar-refractivity contribution in [3.8, 4) is 0 Å². The van der Waals surface area contributed by atoms with E-state index in [4.69, 9.17) is 5.73 Å². The fourth-order valence-electron chi connectivity index (χ4n) is 0.915. The fraction of sp³-hybridized carbons (Fsp3) is 0.900. The molecule has 0 radical (unpaired) electrons. The van der Waals surface area contributed by atoms with Crippen LogP contribution in [-0.4, -0.2) is 23.2 Å². The van der Waals surface area contributed by atoms with Gasteiger partial charge in [-0.3, -0.25) is 4.79 Å². The van der Waals surface area contributed by atoms with Gasteiger partial charge in [-0.05, 0) is 26.2 Å². The van der Waals surface area contributed by atoms with Gasteiger partial charge in [-0.2, -0.15) is 12.6 Å². The van der Waals surface area contributed by atoms with Crippen LogP contribution in [0.2, 0.25) is 0 Å². The monoisotopic (exact) mass is 218 g/mol. The van der Waals surface area contributed by atoms with Crippen molar-refractivity contribution in [2.24, 2.45) is 11.7 Å². The van der Waals surface area contributed by atoms with Crippen molar-refractivity contribution in [2.45, 2.75) is 44.9 Å². The second-order valence-corrected chi connectivity index (χ2v) is 5.76. The minimum absolute atomic E-state index is 0.120. The highest BCUT2D eigenvalue weighted by atomic mass is 32.1. The Morgan fingerprint density at radius 3 is 2.36 bits per heavy atom. The van der Waals surface area contributed by atoms with Crippen molar-refractivity contribution < 1.29 is 4.79 Å².